The third-order valence-electron chi connectivity index (χ3n) is 5.75. The van der Waals surface area contributed by atoms with Gasteiger partial charge in [-0.1, -0.05) is 0 Å². The van der Waals surface area contributed by atoms with Gasteiger partial charge >= 0.3 is 0 Å². The van der Waals surface area contributed by atoms with Gasteiger partial charge in [0.1, 0.15) is 0 Å². The molecule has 0 spiro atoms. The Kier molecular flexibility index (Phi) is 3.20. The molecule has 0 aromatic carbocycles. The van der Waals surface area contributed by atoms with Crippen molar-refractivity contribution in [2.24, 2.45) is 23.7 Å². The molecule has 0 aromatic heterocycles. The first kappa shape index (κ1) is 12.0. The molecule has 3 saturated carbocycles. The number of unbranched alkanes of at least 4 members (excludes halogenated alkanes) is 1. The summed E-state index contributed by atoms with van der Waals surface area (Å²) in [5.41, 5.74) is -0.315. The highest BCUT2D eigenvalue weighted by atomic mass is 16.5. The summed E-state index contributed by atoms with van der Waals surface area (Å²) in [6.45, 7) is 0.841. The van der Waals surface area contributed by atoms with Crippen molar-refractivity contribution < 1.29 is 9.84 Å². The molecule has 0 radical (unpaired) electrons. The van der Waals surface area contributed by atoms with Crippen LogP contribution in [0.3, 0.4) is 0 Å². The van der Waals surface area contributed by atoms with E-state index in [1.165, 1.54) is 19.3 Å². The lowest BCUT2D eigenvalue weighted by Crippen LogP contribution is -2.26. The Balaban J connectivity index is 1.52. The van der Waals surface area contributed by atoms with Crippen LogP contribution in [0, 0.1) is 23.7 Å². The molecule has 98 valence electrons. The SMILES string of the molecule is COCCCCC1(O)C[C@@H]2[C@H]3CC[C@@H](C3)[C@H]2C1. The number of rotatable bonds is 5. The lowest BCUT2D eigenvalue weighted by atomic mass is 9.82. The number of methoxy groups -OCH3 is 1. The highest BCUT2D eigenvalue weighted by Gasteiger charge is 2.55. The van der Waals surface area contributed by atoms with Gasteiger partial charge in [0.05, 0.1) is 5.60 Å². The number of hydrogen-bond acceptors (Lipinski definition) is 2. The molecule has 3 aliphatic rings. The van der Waals surface area contributed by atoms with Crippen LogP contribution in [0.2, 0.25) is 0 Å². The van der Waals surface area contributed by atoms with Crippen molar-refractivity contribution >= 4 is 0 Å². The van der Waals surface area contributed by atoms with E-state index in [2.05, 4.69) is 0 Å². The molecule has 0 aliphatic heterocycles. The van der Waals surface area contributed by atoms with Gasteiger partial charge in [-0.15, -0.1) is 0 Å². The molecular weight excluding hydrogens is 212 g/mol. The van der Waals surface area contributed by atoms with Gasteiger partial charge in [-0.3, -0.25) is 0 Å². The summed E-state index contributed by atoms with van der Waals surface area (Å²) in [6, 6.07) is 0. The zero-order chi connectivity index (χ0) is 11.9. The molecule has 2 bridgehead atoms. The van der Waals surface area contributed by atoms with Gasteiger partial charge in [-0.05, 0) is 75.0 Å². The minimum atomic E-state index is -0.315. The third kappa shape index (κ3) is 2.15. The van der Waals surface area contributed by atoms with Crippen LogP contribution in [0.1, 0.15) is 51.4 Å². The fourth-order valence-corrected chi connectivity index (χ4v) is 5.03. The summed E-state index contributed by atoms with van der Waals surface area (Å²) in [5, 5.41) is 10.7. The Bertz CT molecular complexity index is 258. The topological polar surface area (TPSA) is 29.5 Å². The summed E-state index contributed by atoms with van der Waals surface area (Å²) in [6.07, 6.45) is 9.81. The minimum absolute atomic E-state index is 0.315. The first-order valence-corrected chi connectivity index (χ1v) is 7.43. The number of ether oxygens (including phenoxy) is 1. The predicted octanol–water partition coefficient (Wildman–Crippen LogP) is 2.99. The maximum absolute atomic E-state index is 10.7. The van der Waals surface area contributed by atoms with Crippen LogP contribution in [0.4, 0.5) is 0 Å². The monoisotopic (exact) mass is 238 g/mol. The van der Waals surface area contributed by atoms with E-state index in [4.69, 9.17) is 4.74 Å². The molecule has 0 saturated heterocycles. The quantitative estimate of drug-likeness (QED) is 0.746. The maximum Gasteiger partial charge on any atom is 0.0653 e. The first-order valence-electron chi connectivity index (χ1n) is 7.43. The van der Waals surface area contributed by atoms with Gasteiger partial charge in [0.2, 0.25) is 0 Å². The van der Waals surface area contributed by atoms with Crippen LogP contribution in [-0.4, -0.2) is 24.4 Å². The van der Waals surface area contributed by atoms with E-state index in [0.717, 1.165) is 62.4 Å². The van der Waals surface area contributed by atoms with Gasteiger partial charge in [0.25, 0.3) is 0 Å². The van der Waals surface area contributed by atoms with Crippen molar-refractivity contribution in [1.29, 1.82) is 0 Å². The van der Waals surface area contributed by atoms with E-state index in [0.29, 0.717) is 0 Å². The van der Waals surface area contributed by atoms with Crippen LogP contribution in [0.15, 0.2) is 0 Å². The molecular formula is C15H26O2. The predicted molar refractivity (Wildman–Crippen MR) is 67.7 cm³/mol. The summed E-state index contributed by atoms with van der Waals surface area (Å²) in [5.74, 6) is 3.69. The number of hydrogen-bond donors (Lipinski definition) is 1. The average molecular weight is 238 g/mol. The van der Waals surface area contributed by atoms with E-state index in [-0.39, 0.29) is 5.60 Å². The van der Waals surface area contributed by atoms with Gasteiger partial charge < -0.3 is 9.84 Å². The molecule has 3 fully saturated rings. The van der Waals surface area contributed by atoms with E-state index in [1.807, 2.05) is 0 Å². The van der Waals surface area contributed by atoms with E-state index in [9.17, 15) is 5.11 Å². The van der Waals surface area contributed by atoms with Gasteiger partial charge in [0, 0.05) is 13.7 Å². The first-order chi connectivity index (χ1) is 8.22. The normalized spacial score (nSPS) is 47.6. The molecule has 0 amide bonds. The molecule has 1 N–H and O–H groups in total. The van der Waals surface area contributed by atoms with Crippen molar-refractivity contribution in [3.8, 4) is 0 Å². The van der Waals surface area contributed by atoms with Crippen molar-refractivity contribution in [2.45, 2.75) is 57.0 Å². The molecule has 2 heteroatoms. The van der Waals surface area contributed by atoms with Gasteiger partial charge in [0.15, 0.2) is 0 Å². The summed E-state index contributed by atoms with van der Waals surface area (Å²) < 4.78 is 5.08. The largest absolute Gasteiger partial charge is 0.390 e. The Morgan fingerprint density at radius 3 is 2.35 bits per heavy atom. The van der Waals surface area contributed by atoms with Crippen LogP contribution >= 0.6 is 0 Å². The standard InChI is InChI=1S/C15H26O2/c1-17-7-3-2-6-15(16)9-13-11-4-5-12(8-11)14(13)10-15/h11-14,16H,2-10H2,1H3/t11-,12-,13+,14+/m0/s1. The van der Waals surface area contributed by atoms with Crippen molar-refractivity contribution in [3.63, 3.8) is 0 Å². The molecule has 0 unspecified atom stereocenters. The van der Waals surface area contributed by atoms with E-state index in [1.54, 1.807) is 7.11 Å². The zero-order valence-electron chi connectivity index (χ0n) is 11.0. The van der Waals surface area contributed by atoms with Crippen molar-refractivity contribution in [1.82, 2.24) is 0 Å². The van der Waals surface area contributed by atoms with Crippen LogP contribution < -0.4 is 0 Å². The molecule has 0 heterocycles. The second-order valence-corrected chi connectivity index (χ2v) is 6.74. The molecule has 0 aromatic rings. The number of aliphatic hydroxyl groups is 1. The molecule has 3 rings (SSSR count). The smallest absolute Gasteiger partial charge is 0.0653 e. The van der Waals surface area contributed by atoms with Crippen LogP contribution in [0.25, 0.3) is 0 Å². The van der Waals surface area contributed by atoms with Crippen LogP contribution in [-0.2, 0) is 4.74 Å². The Hall–Kier alpha value is -0.0800. The van der Waals surface area contributed by atoms with Crippen molar-refractivity contribution in [2.75, 3.05) is 13.7 Å². The van der Waals surface area contributed by atoms with Gasteiger partial charge in [-0.2, -0.15) is 0 Å². The molecule has 2 nitrogen and oxygen atoms in total. The summed E-state index contributed by atoms with van der Waals surface area (Å²) in [4.78, 5) is 0. The van der Waals surface area contributed by atoms with Gasteiger partial charge in [-0.25, -0.2) is 0 Å². The maximum atomic E-state index is 10.7. The minimum Gasteiger partial charge on any atom is -0.390 e. The second kappa shape index (κ2) is 4.55. The van der Waals surface area contributed by atoms with E-state index >= 15 is 0 Å². The summed E-state index contributed by atoms with van der Waals surface area (Å²) in [7, 11) is 1.76. The highest BCUT2D eigenvalue weighted by molar-refractivity contribution is 5.06. The van der Waals surface area contributed by atoms with Crippen molar-refractivity contribution in [3.05, 3.63) is 0 Å². The summed E-state index contributed by atoms with van der Waals surface area (Å²) >= 11 is 0. The Morgan fingerprint density at radius 1 is 1.12 bits per heavy atom. The molecule has 17 heavy (non-hydrogen) atoms. The third-order valence-corrected chi connectivity index (χ3v) is 5.75. The van der Waals surface area contributed by atoms with E-state index < -0.39 is 0 Å². The average Bonchev–Trinajstić information content (AvgIpc) is 2.95. The zero-order valence-corrected chi connectivity index (χ0v) is 11.0. The lowest BCUT2D eigenvalue weighted by molar-refractivity contribution is 0.0231. The fraction of sp³-hybridized carbons (Fsp3) is 1.00. The second-order valence-electron chi connectivity index (χ2n) is 6.74. The Morgan fingerprint density at radius 2 is 1.76 bits per heavy atom. The Labute approximate surface area is 105 Å². The lowest BCUT2D eigenvalue weighted by Gasteiger charge is -2.24. The number of fused-ring (bicyclic) bond motifs is 5. The highest BCUT2D eigenvalue weighted by Crippen LogP contribution is 2.61. The molecule has 3 aliphatic carbocycles. The van der Waals surface area contributed by atoms with Crippen LogP contribution in [0.5, 0.6) is 0 Å². The molecule has 4 atom stereocenters. The fourth-order valence-electron chi connectivity index (χ4n) is 5.03.